The van der Waals surface area contributed by atoms with E-state index in [0.717, 1.165) is 17.7 Å². The van der Waals surface area contributed by atoms with Crippen LogP contribution >= 0.6 is 23.2 Å². The number of amides is 2. The predicted octanol–water partition coefficient (Wildman–Crippen LogP) is 7.56. The van der Waals surface area contributed by atoms with Crippen LogP contribution in [0.5, 0.6) is 11.8 Å². The second-order valence-corrected chi connectivity index (χ2v) is 8.71. The van der Waals surface area contributed by atoms with Gasteiger partial charge in [-0.2, -0.15) is 33.4 Å². The number of aromatic nitrogens is 3. The SMILES string of the molecule is Cc1ccc(NC(=O)Nc2ccc(Cl)c(C(F)(F)F)c2)cc1Nc1nc(C#N)nc(Oc2cccc(Cl)c2)n1. The van der Waals surface area contributed by atoms with Crippen LogP contribution in [0.3, 0.4) is 0 Å². The lowest BCUT2D eigenvalue weighted by Gasteiger charge is -2.14. The molecule has 1 heterocycles. The first kappa shape index (κ1) is 27.4. The summed E-state index contributed by atoms with van der Waals surface area (Å²) in [6.45, 7) is 1.77. The van der Waals surface area contributed by atoms with Crippen LogP contribution in [0.25, 0.3) is 0 Å². The first-order valence-electron chi connectivity index (χ1n) is 10.9. The number of carbonyl (C=O) groups is 1. The Morgan fingerprint density at radius 3 is 2.38 bits per heavy atom. The standard InChI is InChI=1S/C25H16Cl2F3N7O2/c1-13-5-6-16(33-23(38)32-15-7-8-19(27)18(10-15)25(28,29)30)11-20(13)34-22-35-21(12-31)36-24(37-22)39-17-4-2-3-14(26)9-17/h2-11H,1H3,(H2,32,33,38)(H,34,35,36,37). The van der Waals surface area contributed by atoms with Gasteiger partial charge >= 0.3 is 18.2 Å². The summed E-state index contributed by atoms with van der Waals surface area (Å²) in [4.78, 5) is 24.6. The maximum Gasteiger partial charge on any atom is 0.417 e. The van der Waals surface area contributed by atoms with E-state index in [1.165, 1.54) is 6.07 Å². The Morgan fingerprint density at radius 2 is 1.69 bits per heavy atom. The molecule has 0 bridgehead atoms. The number of nitrogens with one attached hydrogen (secondary N) is 3. The molecule has 39 heavy (non-hydrogen) atoms. The summed E-state index contributed by atoms with van der Waals surface area (Å²) in [6.07, 6.45) is -4.68. The zero-order valence-electron chi connectivity index (χ0n) is 19.8. The Morgan fingerprint density at radius 1 is 0.974 bits per heavy atom. The van der Waals surface area contributed by atoms with Crippen molar-refractivity contribution >= 4 is 52.2 Å². The normalized spacial score (nSPS) is 10.9. The molecule has 0 saturated heterocycles. The van der Waals surface area contributed by atoms with Crippen LogP contribution in [-0.4, -0.2) is 21.0 Å². The molecule has 0 saturated carbocycles. The van der Waals surface area contributed by atoms with Crippen LogP contribution in [-0.2, 0) is 6.18 Å². The minimum atomic E-state index is -4.68. The number of carbonyl (C=O) groups excluding carboxylic acids is 1. The first-order chi connectivity index (χ1) is 18.5. The van der Waals surface area contributed by atoms with Crippen LogP contribution in [0.4, 0.5) is 41.0 Å². The molecule has 0 aliphatic carbocycles. The van der Waals surface area contributed by atoms with Crippen LogP contribution in [0.1, 0.15) is 17.0 Å². The van der Waals surface area contributed by atoms with E-state index >= 15 is 0 Å². The molecule has 0 spiro atoms. The van der Waals surface area contributed by atoms with Crippen LogP contribution in [0.2, 0.25) is 10.0 Å². The largest absolute Gasteiger partial charge is 0.424 e. The number of nitrogens with zero attached hydrogens (tertiary/aromatic N) is 4. The maximum absolute atomic E-state index is 13.1. The van der Waals surface area contributed by atoms with Gasteiger partial charge in [0.25, 0.3) is 0 Å². The number of hydrogen-bond acceptors (Lipinski definition) is 7. The summed E-state index contributed by atoms with van der Waals surface area (Å²) in [5, 5.41) is 17.1. The molecule has 0 aliphatic heterocycles. The van der Waals surface area contributed by atoms with Crippen molar-refractivity contribution < 1.29 is 22.7 Å². The van der Waals surface area contributed by atoms with Gasteiger partial charge in [-0.05, 0) is 61.0 Å². The maximum atomic E-state index is 13.1. The van der Waals surface area contributed by atoms with E-state index in [9.17, 15) is 23.2 Å². The number of nitriles is 1. The summed E-state index contributed by atoms with van der Waals surface area (Å²) in [7, 11) is 0. The molecular weight excluding hydrogens is 558 g/mol. The third-order valence-electron chi connectivity index (χ3n) is 4.99. The lowest BCUT2D eigenvalue weighted by Crippen LogP contribution is -2.20. The number of urea groups is 1. The lowest BCUT2D eigenvalue weighted by atomic mass is 10.2. The van der Waals surface area contributed by atoms with Gasteiger partial charge in [0, 0.05) is 22.1 Å². The van der Waals surface area contributed by atoms with E-state index in [2.05, 4.69) is 30.9 Å². The molecular formula is C25H16Cl2F3N7O2. The summed E-state index contributed by atoms with van der Waals surface area (Å²) in [6, 6.07) is 15.2. The molecule has 0 atom stereocenters. The molecule has 4 aromatic rings. The van der Waals surface area contributed by atoms with Crippen molar-refractivity contribution in [2.24, 2.45) is 0 Å². The van der Waals surface area contributed by atoms with Crippen LogP contribution in [0, 0.1) is 18.3 Å². The van der Waals surface area contributed by atoms with Gasteiger partial charge in [-0.1, -0.05) is 35.3 Å². The Kier molecular flexibility index (Phi) is 8.04. The smallest absolute Gasteiger partial charge is 0.417 e. The van der Waals surface area contributed by atoms with Gasteiger partial charge in [0.2, 0.25) is 11.8 Å². The van der Waals surface area contributed by atoms with Gasteiger partial charge in [-0.25, -0.2) is 4.79 Å². The molecule has 3 aromatic carbocycles. The zero-order valence-corrected chi connectivity index (χ0v) is 21.3. The Hall–Kier alpha value is -4.60. The first-order valence-corrected chi connectivity index (χ1v) is 11.7. The summed E-state index contributed by atoms with van der Waals surface area (Å²) in [5.41, 5.74) is 0.315. The van der Waals surface area contributed by atoms with Gasteiger partial charge in [-0.3, -0.25) is 0 Å². The van der Waals surface area contributed by atoms with E-state index < -0.39 is 22.8 Å². The average Bonchev–Trinajstić information content (AvgIpc) is 2.86. The molecule has 3 N–H and O–H groups in total. The monoisotopic (exact) mass is 573 g/mol. The molecule has 0 fully saturated rings. The highest BCUT2D eigenvalue weighted by molar-refractivity contribution is 6.31. The predicted molar refractivity (Wildman–Crippen MR) is 140 cm³/mol. The molecule has 4 rings (SSSR count). The molecule has 14 heteroatoms. The van der Waals surface area contributed by atoms with Crippen LogP contribution in [0.15, 0.2) is 60.7 Å². The minimum Gasteiger partial charge on any atom is -0.424 e. The number of ether oxygens (including phenoxy) is 1. The Balaban J connectivity index is 1.51. The quantitative estimate of drug-likeness (QED) is 0.217. The van der Waals surface area contributed by atoms with Crippen molar-refractivity contribution in [3.8, 4) is 17.8 Å². The topological polar surface area (TPSA) is 125 Å². The number of benzene rings is 3. The number of alkyl halides is 3. The zero-order chi connectivity index (χ0) is 28.2. The van der Waals surface area contributed by atoms with E-state index in [4.69, 9.17) is 27.9 Å². The molecule has 2 amide bonds. The number of halogens is 5. The molecule has 0 radical (unpaired) electrons. The third-order valence-corrected chi connectivity index (χ3v) is 5.56. The highest BCUT2D eigenvalue weighted by atomic mass is 35.5. The fourth-order valence-corrected chi connectivity index (χ4v) is 3.62. The summed E-state index contributed by atoms with van der Waals surface area (Å²) >= 11 is 11.6. The van der Waals surface area contributed by atoms with Crippen molar-refractivity contribution in [3.63, 3.8) is 0 Å². The molecule has 1 aromatic heterocycles. The molecule has 9 nitrogen and oxygen atoms in total. The van der Waals surface area contributed by atoms with Crippen molar-refractivity contribution in [3.05, 3.63) is 87.7 Å². The lowest BCUT2D eigenvalue weighted by molar-refractivity contribution is -0.137. The van der Waals surface area contributed by atoms with Gasteiger partial charge in [0.05, 0.1) is 10.6 Å². The second kappa shape index (κ2) is 11.4. The van der Waals surface area contributed by atoms with Gasteiger partial charge in [0.15, 0.2) is 0 Å². The molecule has 0 aliphatic rings. The van der Waals surface area contributed by atoms with Gasteiger partial charge in [0.1, 0.15) is 11.8 Å². The Bertz CT molecular complexity index is 1590. The van der Waals surface area contributed by atoms with Crippen molar-refractivity contribution in [2.75, 3.05) is 16.0 Å². The fraction of sp³-hybridized carbons (Fsp3) is 0.0800. The van der Waals surface area contributed by atoms with E-state index in [1.54, 1.807) is 49.4 Å². The molecule has 198 valence electrons. The number of aryl methyl sites for hydroxylation is 1. The van der Waals surface area contributed by atoms with Crippen molar-refractivity contribution in [1.29, 1.82) is 5.26 Å². The fourth-order valence-electron chi connectivity index (χ4n) is 3.21. The van der Waals surface area contributed by atoms with E-state index in [-0.39, 0.29) is 23.5 Å². The van der Waals surface area contributed by atoms with E-state index in [0.29, 0.717) is 22.1 Å². The Labute approximate surface area is 229 Å². The van der Waals surface area contributed by atoms with Crippen LogP contribution < -0.4 is 20.7 Å². The number of hydrogen-bond donors (Lipinski definition) is 3. The minimum absolute atomic E-state index is 0.0101. The highest BCUT2D eigenvalue weighted by Crippen LogP contribution is 2.36. The summed E-state index contributed by atoms with van der Waals surface area (Å²) < 4.78 is 44.9. The molecule has 0 unspecified atom stereocenters. The summed E-state index contributed by atoms with van der Waals surface area (Å²) in [5.74, 6) is 0.126. The van der Waals surface area contributed by atoms with Crippen molar-refractivity contribution in [2.45, 2.75) is 13.1 Å². The number of rotatable bonds is 6. The second-order valence-electron chi connectivity index (χ2n) is 7.86. The average molecular weight is 574 g/mol. The number of anilines is 4. The highest BCUT2D eigenvalue weighted by Gasteiger charge is 2.33. The van der Waals surface area contributed by atoms with Gasteiger partial charge < -0.3 is 20.7 Å². The van der Waals surface area contributed by atoms with E-state index in [1.807, 2.05) is 6.07 Å². The van der Waals surface area contributed by atoms with Gasteiger partial charge in [-0.15, -0.1) is 0 Å². The van der Waals surface area contributed by atoms with Crippen molar-refractivity contribution in [1.82, 2.24) is 15.0 Å². The third kappa shape index (κ3) is 7.25.